The van der Waals surface area contributed by atoms with E-state index in [4.69, 9.17) is 5.73 Å². The summed E-state index contributed by atoms with van der Waals surface area (Å²) in [5, 5.41) is 2.55. The first-order valence-corrected chi connectivity index (χ1v) is 7.12. The van der Waals surface area contributed by atoms with Crippen LogP contribution >= 0.6 is 0 Å². The van der Waals surface area contributed by atoms with Crippen molar-refractivity contribution in [1.82, 2.24) is 0 Å². The Morgan fingerprint density at radius 1 is 1.33 bits per heavy atom. The van der Waals surface area contributed by atoms with Gasteiger partial charge in [0.25, 0.3) is 0 Å². The van der Waals surface area contributed by atoms with Crippen molar-refractivity contribution >= 4 is 21.2 Å². The second-order valence-corrected chi connectivity index (χ2v) is 7.36. The average molecular weight is 278 g/mol. The Balaban J connectivity index is 2.98. The van der Waals surface area contributed by atoms with Gasteiger partial charge in [-0.05, 0) is 26.0 Å². The monoisotopic (exact) mass is 278 g/mol. The fraction of sp³-hybridized carbons (Fsp3) is 0.455. The lowest BCUT2D eigenvalue weighted by molar-refractivity contribution is 0.510. The van der Waals surface area contributed by atoms with Gasteiger partial charge in [-0.3, -0.25) is 0 Å². The molecule has 1 rings (SSSR count). The molecule has 0 bridgehead atoms. The van der Waals surface area contributed by atoms with Crippen LogP contribution in [-0.2, 0) is 9.84 Å². The first kappa shape index (κ1) is 14.7. The summed E-state index contributed by atoms with van der Waals surface area (Å²) >= 11 is 0. The van der Waals surface area contributed by atoms with Crippen LogP contribution in [0.15, 0.2) is 12.1 Å². The summed E-state index contributed by atoms with van der Waals surface area (Å²) in [5.74, 6) is -2.15. The molecule has 0 atom stereocenters. The standard InChI is InChI=1S/C11H16F2N2O2S/c1-11(2,18(3,16)17)6-15-10-8(14)5-4-7(12)9(10)13/h4-5,15H,6,14H2,1-3H3. The minimum atomic E-state index is -3.33. The van der Waals surface area contributed by atoms with Gasteiger partial charge in [0, 0.05) is 12.8 Å². The van der Waals surface area contributed by atoms with Crippen LogP contribution in [0.3, 0.4) is 0 Å². The quantitative estimate of drug-likeness (QED) is 0.824. The van der Waals surface area contributed by atoms with Crippen molar-refractivity contribution in [3.05, 3.63) is 23.8 Å². The third-order valence-electron chi connectivity index (χ3n) is 2.82. The molecule has 0 aliphatic heterocycles. The second-order valence-electron chi connectivity index (χ2n) is 4.71. The maximum Gasteiger partial charge on any atom is 0.183 e. The molecule has 4 nitrogen and oxygen atoms in total. The molecule has 0 heterocycles. The minimum absolute atomic E-state index is 0.0261. The molecule has 1 aromatic rings. The summed E-state index contributed by atoms with van der Waals surface area (Å²) in [6.45, 7) is 2.90. The molecule has 0 aliphatic rings. The normalized spacial score (nSPS) is 12.5. The lowest BCUT2D eigenvalue weighted by Crippen LogP contribution is -2.38. The molecule has 102 valence electrons. The SMILES string of the molecule is CC(C)(CNc1c(N)ccc(F)c1F)S(C)(=O)=O. The Hall–Kier alpha value is -1.37. The summed E-state index contributed by atoms with van der Waals surface area (Å²) in [6, 6.07) is 2.13. The van der Waals surface area contributed by atoms with Gasteiger partial charge in [-0.25, -0.2) is 17.2 Å². The lowest BCUT2D eigenvalue weighted by atomic mass is 10.2. The highest BCUT2D eigenvalue weighted by atomic mass is 32.2. The summed E-state index contributed by atoms with van der Waals surface area (Å²) in [6.07, 6.45) is 1.08. The Morgan fingerprint density at radius 2 is 1.89 bits per heavy atom. The van der Waals surface area contributed by atoms with Crippen LogP contribution in [0.4, 0.5) is 20.2 Å². The van der Waals surface area contributed by atoms with Crippen molar-refractivity contribution in [2.24, 2.45) is 0 Å². The van der Waals surface area contributed by atoms with Gasteiger partial charge in [0.1, 0.15) is 0 Å². The smallest absolute Gasteiger partial charge is 0.183 e. The topological polar surface area (TPSA) is 72.2 Å². The average Bonchev–Trinajstić information content (AvgIpc) is 2.22. The van der Waals surface area contributed by atoms with Gasteiger partial charge in [-0.1, -0.05) is 0 Å². The molecule has 1 aromatic carbocycles. The number of sulfone groups is 1. The van der Waals surface area contributed by atoms with Crippen molar-refractivity contribution in [3.63, 3.8) is 0 Å². The number of hydrogen-bond donors (Lipinski definition) is 2. The lowest BCUT2D eigenvalue weighted by Gasteiger charge is -2.24. The van der Waals surface area contributed by atoms with E-state index in [2.05, 4.69) is 5.32 Å². The number of nitrogen functional groups attached to an aromatic ring is 1. The van der Waals surface area contributed by atoms with E-state index in [0.29, 0.717) is 0 Å². The van der Waals surface area contributed by atoms with E-state index in [1.807, 2.05) is 0 Å². The van der Waals surface area contributed by atoms with Crippen molar-refractivity contribution in [2.45, 2.75) is 18.6 Å². The van der Waals surface area contributed by atoms with Crippen LogP contribution < -0.4 is 11.1 Å². The van der Waals surface area contributed by atoms with E-state index in [1.165, 1.54) is 19.9 Å². The third kappa shape index (κ3) is 2.90. The Bertz CT molecular complexity index is 556. The Morgan fingerprint density at radius 3 is 2.39 bits per heavy atom. The maximum absolute atomic E-state index is 13.5. The molecule has 3 N–H and O–H groups in total. The Kier molecular flexibility index (Phi) is 3.85. The van der Waals surface area contributed by atoms with Crippen molar-refractivity contribution < 1.29 is 17.2 Å². The molecule has 0 saturated carbocycles. The summed E-state index contributed by atoms with van der Waals surface area (Å²) < 4.78 is 48.3. The highest BCUT2D eigenvalue weighted by Crippen LogP contribution is 2.26. The number of rotatable bonds is 4. The fourth-order valence-electron chi connectivity index (χ4n) is 1.18. The van der Waals surface area contributed by atoms with Crippen LogP contribution in [0.25, 0.3) is 0 Å². The molecule has 0 aliphatic carbocycles. The first-order valence-electron chi connectivity index (χ1n) is 5.23. The second kappa shape index (κ2) is 4.72. The highest BCUT2D eigenvalue weighted by molar-refractivity contribution is 7.92. The molecule has 0 spiro atoms. The van der Waals surface area contributed by atoms with Crippen molar-refractivity contribution in [2.75, 3.05) is 23.9 Å². The third-order valence-corrected chi connectivity index (χ3v) is 4.97. The largest absolute Gasteiger partial charge is 0.397 e. The highest BCUT2D eigenvalue weighted by Gasteiger charge is 2.30. The first-order chi connectivity index (χ1) is 8.06. The molecular weight excluding hydrogens is 262 g/mol. The molecule has 18 heavy (non-hydrogen) atoms. The van der Waals surface area contributed by atoms with Crippen LogP contribution in [0, 0.1) is 11.6 Å². The van der Waals surface area contributed by atoms with Gasteiger partial charge in [-0.2, -0.15) is 0 Å². The van der Waals surface area contributed by atoms with Crippen LogP contribution in [0.2, 0.25) is 0 Å². The van der Waals surface area contributed by atoms with Gasteiger partial charge in [-0.15, -0.1) is 0 Å². The fourth-order valence-corrected chi connectivity index (χ4v) is 1.51. The predicted octanol–water partition coefficient (Wildman–Crippen LogP) is 1.78. The van der Waals surface area contributed by atoms with Crippen LogP contribution in [0.1, 0.15) is 13.8 Å². The summed E-state index contributed by atoms with van der Waals surface area (Å²) in [7, 11) is -3.33. The molecule has 0 saturated heterocycles. The number of nitrogens with two attached hydrogens (primary N) is 1. The van der Waals surface area contributed by atoms with Gasteiger partial charge >= 0.3 is 0 Å². The zero-order valence-electron chi connectivity index (χ0n) is 10.4. The van der Waals surface area contributed by atoms with E-state index in [0.717, 1.165) is 12.3 Å². The van der Waals surface area contributed by atoms with Gasteiger partial charge in [0.05, 0.1) is 16.1 Å². The number of nitrogens with one attached hydrogen (secondary N) is 1. The van der Waals surface area contributed by atoms with E-state index in [-0.39, 0.29) is 17.9 Å². The number of anilines is 2. The van der Waals surface area contributed by atoms with E-state index in [9.17, 15) is 17.2 Å². The maximum atomic E-state index is 13.5. The minimum Gasteiger partial charge on any atom is -0.397 e. The number of halogens is 2. The Labute approximate surface area is 105 Å². The zero-order chi connectivity index (χ0) is 14.1. The van der Waals surface area contributed by atoms with Crippen molar-refractivity contribution in [1.29, 1.82) is 0 Å². The van der Waals surface area contributed by atoms with Crippen LogP contribution in [0.5, 0.6) is 0 Å². The molecule has 7 heteroatoms. The molecule has 0 unspecified atom stereocenters. The molecular formula is C11H16F2N2O2S. The van der Waals surface area contributed by atoms with Gasteiger partial charge in [0.15, 0.2) is 21.5 Å². The molecule has 0 radical (unpaired) electrons. The number of hydrogen-bond acceptors (Lipinski definition) is 4. The van der Waals surface area contributed by atoms with Crippen molar-refractivity contribution in [3.8, 4) is 0 Å². The molecule has 0 amide bonds. The summed E-state index contributed by atoms with van der Waals surface area (Å²) in [4.78, 5) is 0. The van der Waals surface area contributed by atoms with E-state index < -0.39 is 26.2 Å². The zero-order valence-corrected chi connectivity index (χ0v) is 11.2. The van der Waals surface area contributed by atoms with Gasteiger partial charge in [0.2, 0.25) is 0 Å². The predicted molar refractivity (Wildman–Crippen MR) is 68.2 cm³/mol. The number of benzene rings is 1. The molecule has 0 aromatic heterocycles. The van der Waals surface area contributed by atoms with E-state index in [1.54, 1.807) is 0 Å². The summed E-state index contributed by atoms with van der Waals surface area (Å²) in [5.41, 5.74) is 5.32. The van der Waals surface area contributed by atoms with E-state index >= 15 is 0 Å². The van der Waals surface area contributed by atoms with Gasteiger partial charge < -0.3 is 11.1 Å². The van der Waals surface area contributed by atoms with Crippen LogP contribution in [-0.4, -0.2) is 26.0 Å². The molecule has 0 fully saturated rings.